The van der Waals surface area contributed by atoms with Gasteiger partial charge in [0, 0.05) is 30.4 Å². The second-order valence-electron chi connectivity index (χ2n) is 6.27. The van der Waals surface area contributed by atoms with Crippen LogP contribution in [0.3, 0.4) is 0 Å². The van der Waals surface area contributed by atoms with Crippen molar-refractivity contribution < 1.29 is 5.11 Å². The van der Waals surface area contributed by atoms with Crippen molar-refractivity contribution in [2.75, 3.05) is 6.61 Å². The fourth-order valence-corrected chi connectivity index (χ4v) is 3.37. The molecule has 1 aliphatic rings. The quantitative estimate of drug-likeness (QED) is 0.876. The zero-order valence-electron chi connectivity index (χ0n) is 12.7. The number of nitrogens with zero attached hydrogens (tertiary/aromatic N) is 2. The van der Waals surface area contributed by atoms with Crippen LogP contribution < -0.4 is 5.32 Å². The maximum absolute atomic E-state index is 9.80. The van der Waals surface area contributed by atoms with Gasteiger partial charge >= 0.3 is 0 Å². The minimum absolute atomic E-state index is 0.0909. The lowest BCUT2D eigenvalue weighted by Crippen LogP contribution is -2.51. The van der Waals surface area contributed by atoms with Gasteiger partial charge in [-0.25, -0.2) is 0 Å². The molecular formula is C15H27N3O. The van der Waals surface area contributed by atoms with Crippen LogP contribution in [0.5, 0.6) is 0 Å². The minimum atomic E-state index is -0.0909. The van der Waals surface area contributed by atoms with Gasteiger partial charge in [0.25, 0.3) is 0 Å². The van der Waals surface area contributed by atoms with Crippen molar-refractivity contribution >= 4 is 0 Å². The largest absolute Gasteiger partial charge is 0.394 e. The molecule has 1 fully saturated rings. The number of aromatic nitrogens is 2. The third-order valence-electron chi connectivity index (χ3n) is 4.69. The van der Waals surface area contributed by atoms with Gasteiger partial charge < -0.3 is 10.4 Å². The van der Waals surface area contributed by atoms with Crippen molar-refractivity contribution in [3.8, 4) is 0 Å². The molecule has 0 amide bonds. The van der Waals surface area contributed by atoms with Crippen LogP contribution >= 0.6 is 0 Å². The van der Waals surface area contributed by atoms with Crippen molar-refractivity contribution in [3.63, 3.8) is 0 Å². The summed E-state index contributed by atoms with van der Waals surface area (Å²) in [7, 11) is 1.98. The molecule has 0 spiro atoms. The monoisotopic (exact) mass is 265 g/mol. The third kappa shape index (κ3) is 3.00. The molecule has 0 bridgehead atoms. The summed E-state index contributed by atoms with van der Waals surface area (Å²) in [5, 5.41) is 17.9. The Morgan fingerprint density at radius 2 is 2.21 bits per heavy atom. The van der Waals surface area contributed by atoms with E-state index in [2.05, 4.69) is 31.2 Å². The summed E-state index contributed by atoms with van der Waals surface area (Å²) in [6, 6.07) is 0. The lowest BCUT2D eigenvalue weighted by Gasteiger charge is -2.39. The van der Waals surface area contributed by atoms with Gasteiger partial charge in [-0.15, -0.1) is 0 Å². The first-order valence-electron chi connectivity index (χ1n) is 7.32. The molecule has 0 aliphatic heterocycles. The Morgan fingerprint density at radius 1 is 1.47 bits per heavy atom. The Bertz CT molecular complexity index is 441. The number of aliphatic hydroxyl groups excluding tert-OH is 1. The van der Waals surface area contributed by atoms with E-state index >= 15 is 0 Å². The number of aliphatic hydroxyl groups is 1. The fourth-order valence-electron chi connectivity index (χ4n) is 3.37. The van der Waals surface area contributed by atoms with Gasteiger partial charge in [0.2, 0.25) is 0 Å². The molecule has 0 saturated heterocycles. The minimum Gasteiger partial charge on any atom is -0.394 e. The Balaban J connectivity index is 2.07. The summed E-state index contributed by atoms with van der Waals surface area (Å²) in [6.07, 6.45) is 4.64. The van der Waals surface area contributed by atoms with Crippen molar-refractivity contribution in [2.24, 2.45) is 13.0 Å². The smallest absolute Gasteiger partial charge is 0.0641 e. The van der Waals surface area contributed by atoms with Crippen LogP contribution in [0.2, 0.25) is 0 Å². The van der Waals surface area contributed by atoms with Gasteiger partial charge in [-0.05, 0) is 32.6 Å². The van der Waals surface area contributed by atoms with Crippen molar-refractivity contribution in [1.82, 2.24) is 15.1 Å². The van der Waals surface area contributed by atoms with E-state index < -0.39 is 0 Å². The van der Waals surface area contributed by atoms with Crippen LogP contribution in [0.25, 0.3) is 0 Å². The van der Waals surface area contributed by atoms with E-state index in [-0.39, 0.29) is 12.1 Å². The SMILES string of the molecule is Cc1nn(C)c(C)c1CNC1(CO)CCCC(C)C1. The van der Waals surface area contributed by atoms with Gasteiger partial charge in [0.15, 0.2) is 0 Å². The summed E-state index contributed by atoms with van der Waals surface area (Å²) < 4.78 is 1.93. The van der Waals surface area contributed by atoms with Crippen LogP contribution in [-0.2, 0) is 13.6 Å². The molecule has 4 nitrogen and oxygen atoms in total. The lowest BCUT2D eigenvalue weighted by molar-refractivity contribution is 0.0981. The summed E-state index contributed by atoms with van der Waals surface area (Å²) in [6.45, 7) is 7.48. The van der Waals surface area contributed by atoms with Gasteiger partial charge in [-0.3, -0.25) is 4.68 Å². The van der Waals surface area contributed by atoms with E-state index in [0.717, 1.165) is 25.1 Å². The normalized spacial score (nSPS) is 27.7. The maximum Gasteiger partial charge on any atom is 0.0641 e. The molecule has 4 heteroatoms. The van der Waals surface area contributed by atoms with E-state index in [0.29, 0.717) is 5.92 Å². The molecule has 2 N–H and O–H groups in total. The van der Waals surface area contributed by atoms with Crippen LogP contribution in [0.4, 0.5) is 0 Å². The van der Waals surface area contributed by atoms with E-state index in [1.165, 1.54) is 24.1 Å². The van der Waals surface area contributed by atoms with Crippen molar-refractivity contribution in [3.05, 3.63) is 17.0 Å². The molecule has 0 radical (unpaired) electrons. The Hall–Kier alpha value is -0.870. The number of hydrogen-bond acceptors (Lipinski definition) is 3. The van der Waals surface area contributed by atoms with E-state index in [9.17, 15) is 5.11 Å². The molecule has 1 aromatic rings. The molecule has 1 aliphatic carbocycles. The first-order chi connectivity index (χ1) is 8.97. The molecule has 1 aromatic heterocycles. The predicted molar refractivity (Wildman–Crippen MR) is 77.0 cm³/mol. The Morgan fingerprint density at radius 3 is 2.74 bits per heavy atom. The second kappa shape index (κ2) is 5.63. The van der Waals surface area contributed by atoms with Gasteiger partial charge in [0.05, 0.1) is 12.3 Å². The second-order valence-corrected chi connectivity index (χ2v) is 6.27. The van der Waals surface area contributed by atoms with Crippen LogP contribution in [0.15, 0.2) is 0 Å². The van der Waals surface area contributed by atoms with E-state index in [1.54, 1.807) is 0 Å². The molecule has 0 aromatic carbocycles. The summed E-state index contributed by atoms with van der Waals surface area (Å²) in [4.78, 5) is 0. The molecule has 2 rings (SSSR count). The van der Waals surface area contributed by atoms with E-state index in [1.807, 2.05) is 11.7 Å². The molecule has 108 valence electrons. The molecule has 1 saturated carbocycles. The Kier molecular flexibility index (Phi) is 4.31. The van der Waals surface area contributed by atoms with Gasteiger partial charge in [-0.1, -0.05) is 19.8 Å². The molecular weight excluding hydrogens is 238 g/mol. The zero-order valence-corrected chi connectivity index (χ0v) is 12.7. The van der Waals surface area contributed by atoms with Crippen molar-refractivity contribution in [2.45, 2.75) is 58.5 Å². The standard InChI is InChI=1S/C15H27N3O/c1-11-6-5-7-15(8-11,10-19)16-9-14-12(2)17-18(4)13(14)3/h11,16,19H,5-10H2,1-4H3. The van der Waals surface area contributed by atoms with Crippen molar-refractivity contribution in [1.29, 1.82) is 0 Å². The van der Waals surface area contributed by atoms with Gasteiger partial charge in [-0.2, -0.15) is 5.10 Å². The summed E-state index contributed by atoms with van der Waals surface area (Å²) in [5.41, 5.74) is 3.48. The summed E-state index contributed by atoms with van der Waals surface area (Å²) in [5.74, 6) is 0.699. The highest BCUT2D eigenvalue weighted by Crippen LogP contribution is 2.32. The fraction of sp³-hybridized carbons (Fsp3) is 0.800. The first-order valence-corrected chi connectivity index (χ1v) is 7.32. The van der Waals surface area contributed by atoms with Crippen LogP contribution in [0.1, 0.15) is 49.6 Å². The molecule has 1 heterocycles. The number of rotatable bonds is 4. The highest BCUT2D eigenvalue weighted by molar-refractivity contribution is 5.24. The highest BCUT2D eigenvalue weighted by atomic mass is 16.3. The first kappa shape index (κ1) is 14.5. The van der Waals surface area contributed by atoms with Gasteiger partial charge in [0.1, 0.15) is 0 Å². The average Bonchev–Trinajstić information content (AvgIpc) is 2.61. The lowest BCUT2D eigenvalue weighted by atomic mass is 9.76. The van der Waals surface area contributed by atoms with Crippen LogP contribution in [-0.4, -0.2) is 27.0 Å². The third-order valence-corrected chi connectivity index (χ3v) is 4.69. The number of hydrogen-bond donors (Lipinski definition) is 2. The number of aryl methyl sites for hydroxylation is 2. The molecule has 2 unspecified atom stereocenters. The maximum atomic E-state index is 9.80. The Labute approximate surface area is 116 Å². The highest BCUT2D eigenvalue weighted by Gasteiger charge is 2.34. The topological polar surface area (TPSA) is 50.1 Å². The predicted octanol–water partition coefficient (Wildman–Crippen LogP) is 2.07. The molecule has 2 atom stereocenters. The average molecular weight is 265 g/mol. The molecule has 19 heavy (non-hydrogen) atoms. The number of nitrogens with one attached hydrogen (secondary N) is 1. The summed E-state index contributed by atoms with van der Waals surface area (Å²) >= 11 is 0. The van der Waals surface area contributed by atoms with Crippen LogP contribution in [0, 0.1) is 19.8 Å². The van der Waals surface area contributed by atoms with E-state index in [4.69, 9.17) is 0 Å². The zero-order chi connectivity index (χ0) is 14.0.